The fourth-order valence-corrected chi connectivity index (χ4v) is 2.81. The van der Waals surface area contributed by atoms with Gasteiger partial charge in [0.15, 0.2) is 0 Å². The Kier molecular flexibility index (Phi) is 4.58. The standard InChI is InChI=1S/C14H10Br2F2O/c1-19-13-3-2-9(15)6-12(13)14(16)8-4-10(17)7-11(18)5-8/h2-7,14H,1H3. The van der Waals surface area contributed by atoms with E-state index in [9.17, 15) is 8.78 Å². The van der Waals surface area contributed by atoms with Crippen LogP contribution in [0, 0.1) is 11.6 Å². The quantitative estimate of drug-likeness (QED) is 0.651. The summed E-state index contributed by atoms with van der Waals surface area (Å²) in [5.74, 6) is -0.559. The van der Waals surface area contributed by atoms with E-state index in [2.05, 4.69) is 31.9 Å². The van der Waals surface area contributed by atoms with E-state index < -0.39 is 11.6 Å². The van der Waals surface area contributed by atoms with Crippen molar-refractivity contribution in [2.45, 2.75) is 4.83 Å². The first-order valence-electron chi connectivity index (χ1n) is 5.44. The molecule has 2 rings (SSSR count). The van der Waals surface area contributed by atoms with Crippen LogP contribution in [0.15, 0.2) is 40.9 Å². The number of hydrogen-bond acceptors (Lipinski definition) is 1. The van der Waals surface area contributed by atoms with Gasteiger partial charge in [-0.2, -0.15) is 0 Å². The van der Waals surface area contributed by atoms with Gasteiger partial charge in [-0.15, -0.1) is 0 Å². The van der Waals surface area contributed by atoms with Gasteiger partial charge in [-0.05, 0) is 35.9 Å². The van der Waals surface area contributed by atoms with Gasteiger partial charge in [0, 0.05) is 16.1 Å². The normalized spacial score (nSPS) is 12.3. The fraction of sp³-hybridized carbons (Fsp3) is 0.143. The first-order chi connectivity index (χ1) is 9.01. The molecule has 0 amide bonds. The Labute approximate surface area is 126 Å². The molecule has 0 saturated carbocycles. The molecule has 0 aliphatic rings. The lowest BCUT2D eigenvalue weighted by molar-refractivity contribution is 0.410. The number of hydrogen-bond donors (Lipinski definition) is 0. The molecule has 1 nitrogen and oxygen atoms in total. The molecular weight excluding hydrogens is 382 g/mol. The third-order valence-electron chi connectivity index (χ3n) is 2.64. The van der Waals surface area contributed by atoms with Crippen molar-refractivity contribution >= 4 is 31.9 Å². The van der Waals surface area contributed by atoms with Crippen molar-refractivity contribution < 1.29 is 13.5 Å². The number of methoxy groups -OCH3 is 1. The van der Waals surface area contributed by atoms with E-state index in [1.807, 2.05) is 12.1 Å². The Morgan fingerprint density at radius 1 is 1.05 bits per heavy atom. The van der Waals surface area contributed by atoms with E-state index in [1.165, 1.54) is 12.1 Å². The zero-order valence-corrected chi connectivity index (χ0v) is 13.1. The molecule has 19 heavy (non-hydrogen) atoms. The molecule has 2 aromatic rings. The maximum atomic E-state index is 13.3. The first-order valence-corrected chi connectivity index (χ1v) is 7.15. The molecule has 0 saturated heterocycles. The second-order valence-electron chi connectivity index (χ2n) is 3.95. The zero-order chi connectivity index (χ0) is 14.0. The van der Waals surface area contributed by atoms with Crippen LogP contribution in [0.4, 0.5) is 8.78 Å². The minimum atomic E-state index is -0.603. The van der Waals surface area contributed by atoms with E-state index in [-0.39, 0.29) is 4.83 Å². The largest absolute Gasteiger partial charge is 0.496 e. The van der Waals surface area contributed by atoms with E-state index >= 15 is 0 Å². The number of alkyl halides is 1. The average Bonchev–Trinajstić information content (AvgIpc) is 2.36. The highest BCUT2D eigenvalue weighted by molar-refractivity contribution is 9.10. The van der Waals surface area contributed by atoms with Crippen LogP contribution < -0.4 is 4.74 Å². The maximum absolute atomic E-state index is 13.3. The van der Waals surface area contributed by atoms with Gasteiger partial charge < -0.3 is 4.74 Å². The number of halogens is 4. The van der Waals surface area contributed by atoms with Crippen molar-refractivity contribution in [3.8, 4) is 5.75 Å². The van der Waals surface area contributed by atoms with Gasteiger partial charge in [-0.1, -0.05) is 31.9 Å². The van der Waals surface area contributed by atoms with E-state index in [0.29, 0.717) is 11.3 Å². The van der Waals surface area contributed by atoms with Crippen molar-refractivity contribution in [2.75, 3.05) is 7.11 Å². The molecule has 2 aromatic carbocycles. The van der Waals surface area contributed by atoms with Crippen molar-refractivity contribution in [1.82, 2.24) is 0 Å². The van der Waals surface area contributed by atoms with Gasteiger partial charge in [0.25, 0.3) is 0 Å². The number of ether oxygens (including phenoxy) is 1. The molecule has 0 heterocycles. The first kappa shape index (κ1) is 14.5. The Hall–Kier alpha value is -0.940. The smallest absolute Gasteiger partial charge is 0.126 e. The fourth-order valence-electron chi connectivity index (χ4n) is 1.80. The molecule has 0 radical (unpaired) electrons. The van der Waals surface area contributed by atoms with Crippen LogP contribution in [0.5, 0.6) is 5.75 Å². The molecule has 0 aromatic heterocycles. The van der Waals surface area contributed by atoms with Crippen LogP contribution in [-0.4, -0.2) is 7.11 Å². The van der Waals surface area contributed by atoms with Gasteiger partial charge >= 0.3 is 0 Å². The predicted octanol–water partition coefficient (Wildman–Crippen LogP) is 5.22. The van der Waals surface area contributed by atoms with Crippen LogP contribution in [0.3, 0.4) is 0 Å². The lowest BCUT2D eigenvalue weighted by atomic mass is 10.0. The lowest BCUT2D eigenvalue weighted by Gasteiger charge is -2.15. The van der Waals surface area contributed by atoms with Gasteiger partial charge in [-0.3, -0.25) is 0 Å². The van der Waals surface area contributed by atoms with Crippen LogP contribution >= 0.6 is 31.9 Å². The van der Waals surface area contributed by atoms with E-state index in [1.54, 1.807) is 13.2 Å². The minimum absolute atomic E-state index is 0.356. The molecule has 1 atom stereocenters. The topological polar surface area (TPSA) is 9.23 Å². The summed E-state index contributed by atoms with van der Waals surface area (Å²) in [6, 6.07) is 8.92. The van der Waals surface area contributed by atoms with E-state index in [0.717, 1.165) is 16.1 Å². The summed E-state index contributed by atoms with van der Waals surface area (Å²) in [5, 5.41) is 0. The third kappa shape index (κ3) is 3.34. The highest BCUT2D eigenvalue weighted by Crippen LogP contribution is 2.38. The Bertz CT molecular complexity index is 582. The van der Waals surface area contributed by atoms with Crippen molar-refractivity contribution in [3.05, 3.63) is 63.6 Å². The second kappa shape index (κ2) is 6.01. The molecule has 100 valence electrons. The summed E-state index contributed by atoms with van der Waals surface area (Å²) in [6.07, 6.45) is 0. The second-order valence-corrected chi connectivity index (χ2v) is 5.78. The van der Waals surface area contributed by atoms with Crippen LogP contribution in [-0.2, 0) is 0 Å². The van der Waals surface area contributed by atoms with Gasteiger partial charge in [0.05, 0.1) is 11.9 Å². The molecular formula is C14H10Br2F2O. The predicted molar refractivity (Wildman–Crippen MR) is 77.8 cm³/mol. The molecule has 0 N–H and O–H groups in total. The Morgan fingerprint density at radius 3 is 2.26 bits per heavy atom. The van der Waals surface area contributed by atoms with Crippen molar-refractivity contribution in [3.63, 3.8) is 0 Å². The Balaban J connectivity index is 2.48. The van der Waals surface area contributed by atoms with Gasteiger partial charge in [0.2, 0.25) is 0 Å². The molecule has 0 aliphatic heterocycles. The molecule has 0 bridgehead atoms. The van der Waals surface area contributed by atoms with Gasteiger partial charge in [0.1, 0.15) is 17.4 Å². The minimum Gasteiger partial charge on any atom is -0.496 e. The number of benzene rings is 2. The van der Waals surface area contributed by atoms with Crippen LogP contribution in [0.25, 0.3) is 0 Å². The van der Waals surface area contributed by atoms with Gasteiger partial charge in [-0.25, -0.2) is 8.78 Å². The lowest BCUT2D eigenvalue weighted by Crippen LogP contribution is -1.98. The summed E-state index contributed by atoms with van der Waals surface area (Å²) in [6.45, 7) is 0. The van der Waals surface area contributed by atoms with Crippen molar-refractivity contribution in [2.24, 2.45) is 0 Å². The summed E-state index contributed by atoms with van der Waals surface area (Å²) >= 11 is 6.82. The molecule has 0 spiro atoms. The molecule has 0 fully saturated rings. The average molecular weight is 392 g/mol. The highest BCUT2D eigenvalue weighted by Gasteiger charge is 2.17. The molecule has 5 heteroatoms. The SMILES string of the molecule is COc1ccc(Br)cc1C(Br)c1cc(F)cc(F)c1. The molecule has 1 unspecified atom stereocenters. The van der Waals surface area contributed by atoms with Crippen molar-refractivity contribution in [1.29, 1.82) is 0 Å². The van der Waals surface area contributed by atoms with Crippen LogP contribution in [0.2, 0.25) is 0 Å². The summed E-state index contributed by atoms with van der Waals surface area (Å²) < 4.78 is 32.7. The molecule has 0 aliphatic carbocycles. The summed E-state index contributed by atoms with van der Waals surface area (Å²) in [5.41, 5.74) is 1.29. The monoisotopic (exact) mass is 390 g/mol. The van der Waals surface area contributed by atoms with Crippen LogP contribution in [0.1, 0.15) is 16.0 Å². The summed E-state index contributed by atoms with van der Waals surface area (Å²) in [7, 11) is 1.55. The zero-order valence-electron chi connectivity index (χ0n) is 9.96. The number of rotatable bonds is 3. The van der Waals surface area contributed by atoms with E-state index in [4.69, 9.17) is 4.74 Å². The maximum Gasteiger partial charge on any atom is 0.126 e. The third-order valence-corrected chi connectivity index (χ3v) is 4.16. The summed E-state index contributed by atoms with van der Waals surface area (Å²) in [4.78, 5) is -0.356. The Morgan fingerprint density at radius 2 is 1.68 bits per heavy atom. The highest BCUT2D eigenvalue weighted by atomic mass is 79.9.